The van der Waals surface area contributed by atoms with Gasteiger partial charge in [0, 0.05) is 11.3 Å². The molecule has 1 unspecified atom stereocenters. The standard InChI is InChI=1S/C26H29NO3/c1-3-20(2)30-25-13-7-12-22(19-25)26(28)27-23-14-16-24(17-15-23)29-18-8-11-21-9-5-4-6-10-21/h4-7,9-10,12-17,19-20H,3,8,11,18H2,1-2H3,(H,27,28). The number of amides is 1. The first kappa shape index (κ1) is 21.4. The van der Waals surface area contributed by atoms with Crippen molar-refractivity contribution in [3.63, 3.8) is 0 Å². The van der Waals surface area contributed by atoms with Crippen LogP contribution < -0.4 is 14.8 Å². The summed E-state index contributed by atoms with van der Waals surface area (Å²) < 4.78 is 11.6. The van der Waals surface area contributed by atoms with E-state index in [0.717, 1.165) is 30.7 Å². The van der Waals surface area contributed by atoms with E-state index in [4.69, 9.17) is 9.47 Å². The van der Waals surface area contributed by atoms with Gasteiger partial charge in [-0.2, -0.15) is 0 Å². The molecule has 1 amide bonds. The summed E-state index contributed by atoms with van der Waals surface area (Å²) in [5.74, 6) is 1.34. The SMILES string of the molecule is CCC(C)Oc1cccc(C(=O)Nc2ccc(OCCCc3ccccc3)cc2)c1. The van der Waals surface area contributed by atoms with Gasteiger partial charge in [-0.3, -0.25) is 4.79 Å². The second-order valence-electron chi connectivity index (χ2n) is 7.28. The fourth-order valence-corrected chi connectivity index (χ4v) is 2.98. The predicted octanol–water partition coefficient (Wildman–Crippen LogP) is 6.13. The van der Waals surface area contributed by atoms with Crippen molar-refractivity contribution >= 4 is 11.6 Å². The maximum absolute atomic E-state index is 12.6. The molecule has 0 aliphatic heterocycles. The third-order valence-corrected chi connectivity index (χ3v) is 4.84. The van der Waals surface area contributed by atoms with Gasteiger partial charge in [0.25, 0.3) is 5.91 Å². The van der Waals surface area contributed by atoms with Crippen molar-refractivity contribution in [2.45, 2.75) is 39.2 Å². The second kappa shape index (κ2) is 11.1. The monoisotopic (exact) mass is 403 g/mol. The topological polar surface area (TPSA) is 47.6 Å². The Bertz CT molecular complexity index is 923. The van der Waals surface area contributed by atoms with Crippen molar-refractivity contribution < 1.29 is 14.3 Å². The highest BCUT2D eigenvalue weighted by Crippen LogP contribution is 2.19. The van der Waals surface area contributed by atoms with E-state index in [1.54, 1.807) is 12.1 Å². The van der Waals surface area contributed by atoms with Crippen LogP contribution in [0.2, 0.25) is 0 Å². The average Bonchev–Trinajstić information content (AvgIpc) is 2.78. The van der Waals surface area contributed by atoms with Crippen LogP contribution in [0, 0.1) is 0 Å². The lowest BCUT2D eigenvalue weighted by molar-refractivity contribution is 0.102. The van der Waals surface area contributed by atoms with Crippen LogP contribution >= 0.6 is 0 Å². The molecule has 0 spiro atoms. The van der Waals surface area contributed by atoms with E-state index in [0.29, 0.717) is 17.9 Å². The molecule has 0 aliphatic carbocycles. The lowest BCUT2D eigenvalue weighted by atomic mass is 10.1. The highest BCUT2D eigenvalue weighted by atomic mass is 16.5. The maximum Gasteiger partial charge on any atom is 0.255 e. The molecular formula is C26H29NO3. The molecule has 0 heterocycles. The summed E-state index contributed by atoms with van der Waals surface area (Å²) in [5.41, 5.74) is 2.61. The number of hydrogen-bond donors (Lipinski definition) is 1. The number of carbonyl (C=O) groups is 1. The van der Waals surface area contributed by atoms with Gasteiger partial charge in [-0.15, -0.1) is 0 Å². The zero-order valence-corrected chi connectivity index (χ0v) is 17.6. The molecule has 3 aromatic rings. The minimum atomic E-state index is -0.166. The van der Waals surface area contributed by atoms with E-state index in [-0.39, 0.29) is 12.0 Å². The van der Waals surface area contributed by atoms with Crippen molar-refractivity contribution in [3.8, 4) is 11.5 Å². The third kappa shape index (κ3) is 6.66. The normalized spacial score (nSPS) is 11.5. The molecule has 0 saturated heterocycles. The Labute approximate surface area is 178 Å². The Morgan fingerprint density at radius 3 is 2.43 bits per heavy atom. The summed E-state index contributed by atoms with van der Waals surface area (Å²) in [6.07, 6.45) is 2.98. The lowest BCUT2D eigenvalue weighted by Crippen LogP contribution is -2.13. The molecule has 0 saturated carbocycles. The second-order valence-corrected chi connectivity index (χ2v) is 7.28. The highest BCUT2D eigenvalue weighted by Gasteiger charge is 2.09. The first-order valence-electron chi connectivity index (χ1n) is 10.5. The van der Waals surface area contributed by atoms with Crippen LogP contribution in [0.25, 0.3) is 0 Å². The van der Waals surface area contributed by atoms with Crippen molar-refractivity contribution in [1.29, 1.82) is 0 Å². The van der Waals surface area contributed by atoms with Gasteiger partial charge in [-0.25, -0.2) is 0 Å². The zero-order chi connectivity index (χ0) is 21.2. The van der Waals surface area contributed by atoms with Crippen molar-refractivity contribution in [2.75, 3.05) is 11.9 Å². The van der Waals surface area contributed by atoms with Crippen LogP contribution in [-0.2, 0) is 6.42 Å². The van der Waals surface area contributed by atoms with Gasteiger partial charge in [-0.05, 0) is 74.2 Å². The van der Waals surface area contributed by atoms with Gasteiger partial charge >= 0.3 is 0 Å². The van der Waals surface area contributed by atoms with E-state index in [1.807, 2.05) is 49.4 Å². The quantitative estimate of drug-likeness (QED) is 0.414. The average molecular weight is 404 g/mol. The molecule has 0 radical (unpaired) electrons. The largest absolute Gasteiger partial charge is 0.494 e. The van der Waals surface area contributed by atoms with Gasteiger partial charge in [0.05, 0.1) is 12.7 Å². The molecular weight excluding hydrogens is 374 g/mol. The molecule has 0 fully saturated rings. The number of anilines is 1. The van der Waals surface area contributed by atoms with Crippen LogP contribution in [-0.4, -0.2) is 18.6 Å². The maximum atomic E-state index is 12.6. The van der Waals surface area contributed by atoms with E-state index in [9.17, 15) is 4.79 Å². The number of nitrogens with one attached hydrogen (secondary N) is 1. The molecule has 156 valence electrons. The molecule has 4 heteroatoms. The summed E-state index contributed by atoms with van der Waals surface area (Å²) in [6.45, 7) is 4.74. The number of carbonyl (C=O) groups excluding carboxylic acids is 1. The van der Waals surface area contributed by atoms with E-state index in [2.05, 4.69) is 36.5 Å². The summed E-state index contributed by atoms with van der Waals surface area (Å²) in [7, 11) is 0. The van der Waals surface area contributed by atoms with E-state index in [1.165, 1.54) is 5.56 Å². The van der Waals surface area contributed by atoms with Crippen molar-refractivity contribution in [2.24, 2.45) is 0 Å². The minimum absolute atomic E-state index is 0.114. The molecule has 0 aliphatic rings. The fourth-order valence-electron chi connectivity index (χ4n) is 2.98. The molecule has 0 aromatic heterocycles. The van der Waals surface area contributed by atoms with Crippen LogP contribution in [0.4, 0.5) is 5.69 Å². The van der Waals surface area contributed by atoms with Gasteiger partial charge in [0.1, 0.15) is 11.5 Å². The number of aryl methyl sites for hydroxylation is 1. The van der Waals surface area contributed by atoms with Gasteiger partial charge in [0.2, 0.25) is 0 Å². The Morgan fingerprint density at radius 1 is 0.933 bits per heavy atom. The molecule has 30 heavy (non-hydrogen) atoms. The summed E-state index contributed by atoms with van der Waals surface area (Å²) >= 11 is 0. The van der Waals surface area contributed by atoms with Crippen LogP contribution in [0.3, 0.4) is 0 Å². The molecule has 3 aromatic carbocycles. The van der Waals surface area contributed by atoms with E-state index < -0.39 is 0 Å². The number of hydrogen-bond acceptors (Lipinski definition) is 3. The van der Waals surface area contributed by atoms with Crippen LogP contribution in [0.15, 0.2) is 78.9 Å². The number of benzene rings is 3. The molecule has 4 nitrogen and oxygen atoms in total. The fraction of sp³-hybridized carbons (Fsp3) is 0.269. The van der Waals surface area contributed by atoms with Crippen LogP contribution in [0.5, 0.6) is 11.5 Å². The predicted molar refractivity (Wildman–Crippen MR) is 121 cm³/mol. The van der Waals surface area contributed by atoms with E-state index >= 15 is 0 Å². The van der Waals surface area contributed by atoms with Gasteiger partial charge in [0.15, 0.2) is 0 Å². The smallest absolute Gasteiger partial charge is 0.255 e. The molecule has 3 rings (SSSR count). The zero-order valence-electron chi connectivity index (χ0n) is 17.6. The Morgan fingerprint density at radius 2 is 1.70 bits per heavy atom. The first-order valence-corrected chi connectivity index (χ1v) is 10.5. The van der Waals surface area contributed by atoms with Crippen LogP contribution in [0.1, 0.15) is 42.6 Å². The first-order chi connectivity index (χ1) is 14.6. The van der Waals surface area contributed by atoms with Crippen molar-refractivity contribution in [3.05, 3.63) is 90.0 Å². The summed E-state index contributed by atoms with van der Waals surface area (Å²) in [4.78, 5) is 12.6. The van der Waals surface area contributed by atoms with Gasteiger partial charge in [-0.1, -0.05) is 43.3 Å². The Hall–Kier alpha value is -3.27. The number of ether oxygens (including phenoxy) is 2. The van der Waals surface area contributed by atoms with Gasteiger partial charge < -0.3 is 14.8 Å². The molecule has 1 N–H and O–H groups in total. The summed E-state index contributed by atoms with van der Waals surface area (Å²) in [5, 5.41) is 2.92. The number of rotatable bonds is 10. The lowest BCUT2D eigenvalue weighted by Gasteiger charge is -2.13. The Balaban J connectivity index is 1.48. The summed E-state index contributed by atoms with van der Waals surface area (Å²) in [6, 6.07) is 25.1. The van der Waals surface area contributed by atoms with Crippen molar-refractivity contribution in [1.82, 2.24) is 0 Å². The Kier molecular flexibility index (Phi) is 7.90. The minimum Gasteiger partial charge on any atom is -0.494 e. The molecule has 0 bridgehead atoms. The third-order valence-electron chi connectivity index (χ3n) is 4.84. The highest BCUT2D eigenvalue weighted by molar-refractivity contribution is 6.04. The molecule has 1 atom stereocenters.